The van der Waals surface area contributed by atoms with Crippen molar-refractivity contribution in [1.29, 1.82) is 0 Å². The number of hydrogen-bond acceptors (Lipinski definition) is 4. The largest absolute Gasteiger partial charge is 0.416 e. The predicted molar refractivity (Wildman–Crippen MR) is 146 cm³/mol. The molecule has 0 fully saturated rings. The molecular weight excluding hydrogens is 503 g/mol. The van der Waals surface area contributed by atoms with Gasteiger partial charge in [0.05, 0.1) is 11.8 Å². The topological polar surface area (TPSA) is 71.8 Å². The SMILES string of the molecule is Cc1ccc(C(=O)Nc2cc(-c3cnn(C)c3)cc(C(F)(F)F)c2)cc1Nc1cccc(-c2cccnc2)c1. The number of alkyl halides is 3. The standard InChI is InChI=1S/C30H24F3N5O/c1-19-8-9-21(14-28(19)36-26-7-3-5-20(12-26)22-6-4-10-34-16-22)29(39)37-27-13-23(24-17-35-38(2)18-24)11-25(15-27)30(31,32)33/h3-18,36H,1-2H3,(H,37,39). The molecule has 5 aromatic rings. The summed E-state index contributed by atoms with van der Waals surface area (Å²) in [6.07, 6.45) is 2.00. The third-order valence-electron chi connectivity index (χ3n) is 6.19. The van der Waals surface area contributed by atoms with E-state index in [0.29, 0.717) is 22.4 Å². The molecule has 3 aromatic carbocycles. The Balaban J connectivity index is 1.41. The number of amides is 1. The van der Waals surface area contributed by atoms with Gasteiger partial charge < -0.3 is 10.6 Å². The number of benzene rings is 3. The molecule has 2 aromatic heterocycles. The molecule has 9 heteroatoms. The first-order chi connectivity index (χ1) is 18.7. The van der Waals surface area contributed by atoms with Crippen LogP contribution >= 0.6 is 0 Å². The van der Waals surface area contributed by atoms with Crippen molar-refractivity contribution in [2.24, 2.45) is 7.05 Å². The average Bonchev–Trinajstić information content (AvgIpc) is 3.36. The summed E-state index contributed by atoms with van der Waals surface area (Å²) in [5, 5.41) is 10.0. The normalized spacial score (nSPS) is 11.3. The zero-order chi connectivity index (χ0) is 27.6. The van der Waals surface area contributed by atoms with Gasteiger partial charge in [0.1, 0.15) is 0 Å². The minimum Gasteiger partial charge on any atom is -0.355 e. The maximum Gasteiger partial charge on any atom is 0.416 e. The number of aryl methyl sites for hydroxylation is 2. The highest BCUT2D eigenvalue weighted by Gasteiger charge is 2.31. The fourth-order valence-corrected chi connectivity index (χ4v) is 4.17. The molecule has 6 nitrogen and oxygen atoms in total. The molecule has 0 spiro atoms. The Labute approximate surface area is 223 Å². The van der Waals surface area contributed by atoms with Crippen LogP contribution in [0.4, 0.5) is 30.2 Å². The van der Waals surface area contributed by atoms with Gasteiger partial charge in [0.25, 0.3) is 5.91 Å². The number of carbonyl (C=O) groups is 1. The van der Waals surface area contributed by atoms with Crippen molar-refractivity contribution >= 4 is 23.0 Å². The lowest BCUT2D eigenvalue weighted by Gasteiger charge is -2.14. The van der Waals surface area contributed by atoms with Gasteiger partial charge in [-0.15, -0.1) is 0 Å². The first-order valence-corrected chi connectivity index (χ1v) is 12.1. The van der Waals surface area contributed by atoms with Crippen LogP contribution < -0.4 is 10.6 Å². The lowest BCUT2D eigenvalue weighted by atomic mass is 10.0. The number of hydrogen-bond donors (Lipinski definition) is 2. The summed E-state index contributed by atoms with van der Waals surface area (Å²) in [6.45, 7) is 1.90. The van der Waals surface area contributed by atoms with Gasteiger partial charge in [-0.1, -0.05) is 24.3 Å². The Morgan fingerprint density at radius 3 is 2.36 bits per heavy atom. The molecule has 0 aliphatic heterocycles. The molecule has 0 aliphatic carbocycles. The summed E-state index contributed by atoms with van der Waals surface area (Å²) in [5.41, 5.74) is 4.64. The molecule has 2 heterocycles. The second kappa shape index (κ2) is 10.4. The van der Waals surface area contributed by atoms with E-state index in [2.05, 4.69) is 20.7 Å². The van der Waals surface area contributed by atoms with Gasteiger partial charge >= 0.3 is 6.18 Å². The molecule has 2 N–H and O–H groups in total. The number of aromatic nitrogens is 3. The molecule has 0 aliphatic rings. The highest BCUT2D eigenvalue weighted by molar-refractivity contribution is 6.05. The predicted octanol–water partition coefficient (Wildman–Crippen LogP) is 7.47. The Hall–Kier alpha value is -4.92. The maximum absolute atomic E-state index is 13.6. The number of halogens is 3. The van der Waals surface area contributed by atoms with Crippen LogP contribution in [0.25, 0.3) is 22.3 Å². The van der Waals surface area contributed by atoms with Crippen molar-refractivity contribution in [3.8, 4) is 22.3 Å². The van der Waals surface area contributed by atoms with Crippen LogP contribution in [-0.4, -0.2) is 20.7 Å². The average molecular weight is 528 g/mol. The molecule has 0 unspecified atom stereocenters. The molecule has 0 saturated carbocycles. The third-order valence-corrected chi connectivity index (χ3v) is 6.19. The van der Waals surface area contributed by atoms with E-state index in [0.717, 1.165) is 34.5 Å². The monoisotopic (exact) mass is 527 g/mol. The quantitative estimate of drug-likeness (QED) is 0.240. The number of anilines is 3. The van der Waals surface area contributed by atoms with Gasteiger partial charge in [-0.3, -0.25) is 14.5 Å². The van der Waals surface area contributed by atoms with Gasteiger partial charge in [0.15, 0.2) is 0 Å². The maximum atomic E-state index is 13.6. The van der Waals surface area contributed by atoms with Crippen LogP contribution in [0.5, 0.6) is 0 Å². The van der Waals surface area contributed by atoms with Gasteiger partial charge in [-0.2, -0.15) is 18.3 Å². The van der Waals surface area contributed by atoms with Gasteiger partial charge in [-0.25, -0.2) is 0 Å². The van der Waals surface area contributed by atoms with Crippen molar-refractivity contribution < 1.29 is 18.0 Å². The van der Waals surface area contributed by atoms with Gasteiger partial charge in [0, 0.05) is 59.4 Å². The van der Waals surface area contributed by atoms with Crippen LogP contribution in [-0.2, 0) is 13.2 Å². The van der Waals surface area contributed by atoms with Gasteiger partial charge in [-0.05, 0) is 72.1 Å². The van der Waals surface area contributed by atoms with E-state index in [1.165, 1.54) is 16.9 Å². The molecule has 0 bridgehead atoms. The lowest BCUT2D eigenvalue weighted by Crippen LogP contribution is -2.14. The van der Waals surface area contributed by atoms with Crippen molar-refractivity contribution in [2.75, 3.05) is 10.6 Å². The molecule has 196 valence electrons. The van der Waals surface area contributed by atoms with E-state index in [4.69, 9.17) is 0 Å². The molecular formula is C30H24F3N5O. The Morgan fingerprint density at radius 1 is 0.846 bits per heavy atom. The van der Waals surface area contributed by atoms with Crippen LogP contribution in [0.2, 0.25) is 0 Å². The molecule has 0 radical (unpaired) electrons. The van der Waals surface area contributed by atoms with Crippen molar-refractivity contribution in [3.05, 3.63) is 114 Å². The zero-order valence-corrected chi connectivity index (χ0v) is 21.1. The number of rotatable bonds is 6. The van der Waals surface area contributed by atoms with E-state index in [1.54, 1.807) is 43.8 Å². The first kappa shape index (κ1) is 25.7. The van der Waals surface area contributed by atoms with Crippen LogP contribution in [0.15, 0.2) is 97.6 Å². The Kier molecular flexibility index (Phi) is 6.89. The third kappa shape index (κ3) is 5.98. The molecule has 39 heavy (non-hydrogen) atoms. The smallest absolute Gasteiger partial charge is 0.355 e. The summed E-state index contributed by atoms with van der Waals surface area (Å²) in [6, 6.07) is 20.2. The summed E-state index contributed by atoms with van der Waals surface area (Å²) in [5.74, 6) is -0.529. The van der Waals surface area contributed by atoms with Crippen LogP contribution in [0.3, 0.4) is 0 Å². The fourth-order valence-electron chi connectivity index (χ4n) is 4.17. The minimum absolute atomic E-state index is 0.0351. The Bertz CT molecular complexity index is 1640. The zero-order valence-electron chi connectivity index (χ0n) is 21.1. The number of carbonyl (C=O) groups excluding carboxylic acids is 1. The molecule has 5 rings (SSSR count). The molecule has 0 atom stereocenters. The van der Waals surface area contributed by atoms with Crippen LogP contribution in [0, 0.1) is 6.92 Å². The summed E-state index contributed by atoms with van der Waals surface area (Å²) in [4.78, 5) is 17.3. The fraction of sp³-hybridized carbons (Fsp3) is 0.100. The molecule has 1 amide bonds. The second-order valence-electron chi connectivity index (χ2n) is 9.13. The first-order valence-electron chi connectivity index (χ1n) is 12.1. The van der Waals surface area contributed by atoms with E-state index >= 15 is 0 Å². The number of nitrogens with zero attached hydrogens (tertiary/aromatic N) is 3. The summed E-state index contributed by atoms with van der Waals surface area (Å²) >= 11 is 0. The number of pyridine rings is 1. The van der Waals surface area contributed by atoms with Crippen molar-refractivity contribution in [3.63, 3.8) is 0 Å². The highest BCUT2D eigenvalue weighted by Crippen LogP contribution is 2.35. The van der Waals surface area contributed by atoms with Crippen molar-refractivity contribution in [2.45, 2.75) is 13.1 Å². The van der Waals surface area contributed by atoms with Gasteiger partial charge in [0.2, 0.25) is 0 Å². The van der Waals surface area contributed by atoms with E-state index < -0.39 is 17.6 Å². The van der Waals surface area contributed by atoms with E-state index in [1.807, 2.05) is 43.3 Å². The summed E-state index contributed by atoms with van der Waals surface area (Å²) < 4.78 is 42.4. The molecule has 0 saturated heterocycles. The lowest BCUT2D eigenvalue weighted by molar-refractivity contribution is -0.137. The highest BCUT2D eigenvalue weighted by atomic mass is 19.4. The van der Waals surface area contributed by atoms with E-state index in [-0.39, 0.29) is 5.69 Å². The Morgan fingerprint density at radius 2 is 1.64 bits per heavy atom. The minimum atomic E-state index is -4.58. The van der Waals surface area contributed by atoms with E-state index in [9.17, 15) is 18.0 Å². The van der Waals surface area contributed by atoms with Crippen LogP contribution in [0.1, 0.15) is 21.5 Å². The summed E-state index contributed by atoms with van der Waals surface area (Å²) in [7, 11) is 1.68. The second-order valence-corrected chi connectivity index (χ2v) is 9.13. The number of nitrogens with one attached hydrogen (secondary N) is 2. The van der Waals surface area contributed by atoms with Crippen molar-refractivity contribution in [1.82, 2.24) is 14.8 Å².